The highest BCUT2D eigenvalue weighted by Gasteiger charge is 2.21. The number of ether oxygens (including phenoxy) is 1. The summed E-state index contributed by atoms with van der Waals surface area (Å²) in [6.45, 7) is 0. The average Bonchev–Trinajstić information content (AvgIpc) is 2.83. The minimum atomic E-state index is -3.61. The largest absolute Gasteiger partial charge is 0.496 e. The van der Waals surface area contributed by atoms with E-state index in [1.165, 1.54) is 39.8 Å². The lowest BCUT2D eigenvalue weighted by molar-refractivity contribution is -0.116. The molecule has 34 heavy (non-hydrogen) atoms. The van der Waals surface area contributed by atoms with E-state index in [0.717, 1.165) is 30.0 Å². The molecule has 1 aliphatic rings. The van der Waals surface area contributed by atoms with Crippen LogP contribution in [-0.4, -0.2) is 51.8 Å². The van der Waals surface area contributed by atoms with Crippen molar-refractivity contribution in [3.05, 3.63) is 53.6 Å². The molecule has 0 aromatic heterocycles. The van der Waals surface area contributed by atoms with Gasteiger partial charge in [0.25, 0.3) is 5.91 Å². The molecule has 0 unspecified atom stereocenters. The Bertz CT molecular complexity index is 1130. The van der Waals surface area contributed by atoms with Crippen LogP contribution in [0.2, 0.25) is 0 Å². The van der Waals surface area contributed by atoms with E-state index in [4.69, 9.17) is 4.74 Å². The zero-order chi connectivity index (χ0) is 24.7. The van der Waals surface area contributed by atoms with Crippen LogP contribution in [0.5, 0.6) is 5.75 Å². The number of hydrogen-bond acceptors (Lipinski definition) is 5. The summed E-state index contributed by atoms with van der Waals surface area (Å²) in [6, 6.07) is 11.7. The van der Waals surface area contributed by atoms with Gasteiger partial charge in [-0.1, -0.05) is 31.4 Å². The van der Waals surface area contributed by atoms with Crippen molar-refractivity contribution in [3.8, 4) is 5.75 Å². The number of benzene rings is 2. The van der Waals surface area contributed by atoms with Gasteiger partial charge in [0.2, 0.25) is 15.9 Å². The van der Waals surface area contributed by atoms with Crippen LogP contribution >= 0.6 is 0 Å². The predicted octanol–water partition coefficient (Wildman–Crippen LogP) is 3.58. The smallest absolute Gasteiger partial charge is 0.253 e. The molecule has 1 saturated carbocycles. The summed E-state index contributed by atoms with van der Waals surface area (Å²) >= 11 is 0. The molecule has 2 aromatic rings. The fourth-order valence-corrected chi connectivity index (χ4v) is 5.04. The number of hydrogen-bond donors (Lipinski definition) is 2. The van der Waals surface area contributed by atoms with Gasteiger partial charge in [0.1, 0.15) is 5.75 Å². The number of amides is 2. The van der Waals surface area contributed by atoms with Gasteiger partial charge in [-0.05, 0) is 55.2 Å². The highest BCUT2D eigenvalue weighted by Crippen LogP contribution is 2.26. The predicted molar refractivity (Wildman–Crippen MR) is 132 cm³/mol. The second-order valence-corrected chi connectivity index (χ2v) is 10.8. The van der Waals surface area contributed by atoms with E-state index in [9.17, 15) is 18.0 Å². The van der Waals surface area contributed by atoms with Gasteiger partial charge in [-0.25, -0.2) is 12.7 Å². The van der Waals surface area contributed by atoms with E-state index < -0.39 is 10.0 Å². The highest BCUT2D eigenvalue weighted by molar-refractivity contribution is 7.89. The molecular weight excluding hydrogens is 454 g/mol. The zero-order valence-electron chi connectivity index (χ0n) is 20.0. The molecule has 0 spiro atoms. The maximum atomic E-state index is 12.8. The lowest BCUT2D eigenvalue weighted by atomic mass is 9.95. The minimum absolute atomic E-state index is 0.0976. The first-order valence-electron chi connectivity index (χ1n) is 11.5. The summed E-state index contributed by atoms with van der Waals surface area (Å²) in [5.74, 6) is 0.0460. The third-order valence-electron chi connectivity index (χ3n) is 6.04. The van der Waals surface area contributed by atoms with Crippen LogP contribution in [0, 0.1) is 0 Å². The van der Waals surface area contributed by atoms with Gasteiger partial charge < -0.3 is 15.4 Å². The lowest BCUT2D eigenvalue weighted by Gasteiger charge is -2.23. The van der Waals surface area contributed by atoms with Crippen molar-refractivity contribution in [1.82, 2.24) is 9.62 Å². The first-order chi connectivity index (χ1) is 16.2. The van der Waals surface area contributed by atoms with Crippen LogP contribution in [0.1, 0.15) is 54.4 Å². The van der Waals surface area contributed by atoms with Gasteiger partial charge in [0.05, 0.1) is 23.3 Å². The van der Waals surface area contributed by atoms with E-state index in [0.29, 0.717) is 22.6 Å². The quantitative estimate of drug-likeness (QED) is 0.563. The molecule has 0 heterocycles. The van der Waals surface area contributed by atoms with Gasteiger partial charge in [0.15, 0.2) is 0 Å². The van der Waals surface area contributed by atoms with Gasteiger partial charge in [-0.3, -0.25) is 9.59 Å². The van der Waals surface area contributed by atoms with E-state index >= 15 is 0 Å². The summed E-state index contributed by atoms with van der Waals surface area (Å²) in [7, 11) is 0.828. The van der Waals surface area contributed by atoms with E-state index in [1.807, 2.05) is 0 Å². The number of carbonyl (C=O) groups excluding carboxylic acids is 2. The monoisotopic (exact) mass is 487 g/mol. The Morgan fingerprint density at radius 2 is 1.76 bits per heavy atom. The van der Waals surface area contributed by atoms with Crippen molar-refractivity contribution >= 4 is 27.5 Å². The first-order valence-corrected chi connectivity index (χ1v) is 13.0. The lowest BCUT2D eigenvalue weighted by Crippen LogP contribution is -2.36. The Hall–Kier alpha value is -2.91. The van der Waals surface area contributed by atoms with Gasteiger partial charge >= 0.3 is 0 Å². The van der Waals surface area contributed by atoms with Crippen LogP contribution in [-0.2, 0) is 21.2 Å². The fraction of sp³-hybridized carbons (Fsp3) is 0.440. The third-order valence-corrected chi connectivity index (χ3v) is 7.85. The van der Waals surface area contributed by atoms with Crippen molar-refractivity contribution in [1.29, 1.82) is 0 Å². The third kappa shape index (κ3) is 6.36. The van der Waals surface area contributed by atoms with Crippen molar-refractivity contribution < 1.29 is 22.7 Å². The minimum Gasteiger partial charge on any atom is -0.496 e. The van der Waals surface area contributed by atoms with Crippen molar-refractivity contribution in [2.75, 3.05) is 26.5 Å². The normalized spacial score (nSPS) is 14.6. The maximum absolute atomic E-state index is 12.8. The Kier molecular flexibility index (Phi) is 8.68. The standard InChI is InChI=1S/C25H33N3O5S/c1-28(2)34(31,32)20-14-15-23(33-3)18(17-20)13-16-24(29)27-22-12-8-7-11-21(22)25(30)26-19-9-5-4-6-10-19/h7-8,11-12,14-15,17,19H,4-6,9-10,13,16H2,1-3H3,(H,26,30)(H,27,29). The first kappa shape index (κ1) is 25.7. The van der Waals surface area contributed by atoms with Gasteiger partial charge in [-0.15, -0.1) is 0 Å². The van der Waals surface area contributed by atoms with Crippen LogP contribution in [0.15, 0.2) is 47.4 Å². The molecule has 8 nitrogen and oxygen atoms in total. The maximum Gasteiger partial charge on any atom is 0.253 e. The highest BCUT2D eigenvalue weighted by atomic mass is 32.2. The second kappa shape index (κ2) is 11.5. The van der Waals surface area contributed by atoms with Crippen molar-refractivity contribution in [2.45, 2.75) is 55.9 Å². The molecule has 2 amide bonds. The molecule has 0 aliphatic heterocycles. The number of nitrogens with zero attached hydrogens (tertiary/aromatic N) is 1. The molecule has 0 atom stereocenters. The Morgan fingerprint density at radius 3 is 2.44 bits per heavy atom. The Labute approximate surface area is 201 Å². The number of anilines is 1. The number of para-hydroxylation sites is 1. The number of rotatable bonds is 9. The van der Waals surface area contributed by atoms with Gasteiger partial charge in [-0.2, -0.15) is 0 Å². The molecule has 0 radical (unpaired) electrons. The van der Waals surface area contributed by atoms with Crippen molar-refractivity contribution in [3.63, 3.8) is 0 Å². The molecule has 2 aromatic carbocycles. The summed E-state index contributed by atoms with van der Waals surface area (Å²) < 4.78 is 31.4. The molecule has 184 valence electrons. The summed E-state index contributed by atoms with van der Waals surface area (Å²) in [5.41, 5.74) is 1.50. The number of aryl methyl sites for hydroxylation is 1. The number of carbonyl (C=O) groups is 2. The van der Waals surface area contributed by atoms with Crippen LogP contribution in [0.4, 0.5) is 5.69 Å². The summed E-state index contributed by atoms with van der Waals surface area (Å²) in [5, 5.41) is 5.92. The molecule has 1 fully saturated rings. The Balaban J connectivity index is 1.68. The molecule has 0 bridgehead atoms. The van der Waals surface area contributed by atoms with Crippen LogP contribution in [0.3, 0.4) is 0 Å². The molecular formula is C25H33N3O5S. The van der Waals surface area contributed by atoms with Crippen LogP contribution < -0.4 is 15.4 Å². The molecule has 0 saturated heterocycles. The summed E-state index contributed by atoms with van der Waals surface area (Å²) in [6.07, 6.45) is 5.76. The van der Waals surface area contributed by atoms with E-state index in [1.54, 1.807) is 30.3 Å². The van der Waals surface area contributed by atoms with E-state index in [-0.39, 0.29) is 35.6 Å². The summed E-state index contributed by atoms with van der Waals surface area (Å²) in [4.78, 5) is 25.7. The molecule has 9 heteroatoms. The average molecular weight is 488 g/mol. The molecule has 2 N–H and O–H groups in total. The van der Waals surface area contributed by atoms with Gasteiger partial charge in [0, 0.05) is 26.6 Å². The molecule has 3 rings (SSSR count). The number of sulfonamides is 1. The Morgan fingerprint density at radius 1 is 1.06 bits per heavy atom. The number of nitrogens with one attached hydrogen (secondary N) is 2. The number of methoxy groups -OCH3 is 1. The zero-order valence-corrected chi connectivity index (χ0v) is 20.8. The van der Waals surface area contributed by atoms with E-state index in [2.05, 4.69) is 10.6 Å². The molecule has 1 aliphatic carbocycles. The fourth-order valence-electron chi connectivity index (χ4n) is 4.08. The topological polar surface area (TPSA) is 105 Å². The van der Waals surface area contributed by atoms with Crippen molar-refractivity contribution in [2.24, 2.45) is 0 Å². The van der Waals surface area contributed by atoms with Crippen LogP contribution in [0.25, 0.3) is 0 Å². The SMILES string of the molecule is COc1ccc(S(=O)(=O)N(C)C)cc1CCC(=O)Nc1ccccc1C(=O)NC1CCCCC1. The second-order valence-electron chi connectivity index (χ2n) is 8.66.